The summed E-state index contributed by atoms with van der Waals surface area (Å²) in [5, 5.41) is 8.96. The SMILES string of the molecule is C=C(/N=N\NN)c1cccc(CN2CCc3c([nH]c4ccccc34)C2c2ccccc2)c1. The van der Waals surface area contributed by atoms with Crippen LogP contribution in [0.15, 0.2) is 95.8 Å². The summed E-state index contributed by atoms with van der Waals surface area (Å²) < 4.78 is 0. The Balaban J connectivity index is 1.51. The molecule has 4 aromatic rings. The first kappa shape index (κ1) is 20.2. The number of hydrazine groups is 1. The van der Waals surface area contributed by atoms with Crippen LogP contribution in [0.3, 0.4) is 0 Å². The highest BCUT2D eigenvalue weighted by Crippen LogP contribution is 2.39. The van der Waals surface area contributed by atoms with Gasteiger partial charge in [-0.15, -0.1) is 5.11 Å². The zero-order valence-electron chi connectivity index (χ0n) is 17.8. The van der Waals surface area contributed by atoms with Gasteiger partial charge in [0.05, 0.1) is 11.7 Å². The van der Waals surface area contributed by atoms with Crippen molar-refractivity contribution in [3.63, 3.8) is 0 Å². The second kappa shape index (κ2) is 8.78. The van der Waals surface area contributed by atoms with Crippen molar-refractivity contribution < 1.29 is 0 Å². The van der Waals surface area contributed by atoms with E-state index in [-0.39, 0.29) is 6.04 Å². The Hall–Kier alpha value is -3.74. The van der Waals surface area contributed by atoms with Gasteiger partial charge < -0.3 is 4.98 Å². The minimum Gasteiger partial charge on any atom is -0.357 e. The highest BCUT2D eigenvalue weighted by atomic mass is 15.5. The van der Waals surface area contributed by atoms with Crippen molar-refractivity contribution in [3.05, 3.63) is 113 Å². The maximum atomic E-state index is 5.18. The highest BCUT2D eigenvalue weighted by Gasteiger charge is 2.31. The van der Waals surface area contributed by atoms with Crippen LogP contribution >= 0.6 is 0 Å². The second-order valence-corrected chi connectivity index (χ2v) is 8.07. The summed E-state index contributed by atoms with van der Waals surface area (Å²) in [6, 6.07) is 27.8. The molecule has 2 heterocycles. The van der Waals surface area contributed by atoms with Crippen molar-refractivity contribution in [1.29, 1.82) is 0 Å². The number of fused-ring (bicyclic) bond motifs is 3. The van der Waals surface area contributed by atoms with Crippen LogP contribution in [0.5, 0.6) is 0 Å². The Kier molecular flexibility index (Phi) is 5.54. The van der Waals surface area contributed by atoms with E-state index in [9.17, 15) is 0 Å². The number of nitrogens with two attached hydrogens (primary N) is 1. The predicted octanol–water partition coefficient (Wildman–Crippen LogP) is 5.12. The third-order valence-electron chi connectivity index (χ3n) is 6.12. The van der Waals surface area contributed by atoms with Crippen molar-refractivity contribution in [2.24, 2.45) is 16.2 Å². The second-order valence-electron chi connectivity index (χ2n) is 8.07. The number of para-hydroxylation sites is 1. The smallest absolute Gasteiger partial charge is 0.0875 e. The molecule has 160 valence electrons. The van der Waals surface area contributed by atoms with Crippen LogP contribution in [0.25, 0.3) is 16.6 Å². The fourth-order valence-corrected chi connectivity index (χ4v) is 4.70. The third kappa shape index (κ3) is 3.82. The topological polar surface area (TPSA) is 81.8 Å². The summed E-state index contributed by atoms with van der Waals surface area (Å²) in [6.45, 7) is 5.80. The molecule has 1 aliphatic heterocycles. The molecule has 1 aromatic heterocycles. The molecule has 4 N–H and O–H groups in total. The Morgan fingerprint density at radius 2 is 1.88 bits per heavy atom. The molecule has 1 atom stereocenters. The first-order valence-electron chi connectivity index (χ1n) is 10.8. The normalized spacial score (nSPS) is 16.3. The molecule has 0 amide bonds. The molecule has 0 spiro atoms. The van der Waals surface area contributed by atoms with Crippen LogP contribution in [0.1, 0.15) is 34.0 Å². The van der Waals surface area contributed by atoms with E-state index in [4.69, 9.17) is 5.84 Å². The molecular weight excluding hydrogens is 396 g/mol. The Morgan fingerprint density at radius 3 is 2.72 bits per heavy atom. The van der Waals surface area contributed by atoms with Crippen LogP contribution in [-0.4, -0.2) is 16.4 Å². The molecule has 1 aliphatic rings. The van der Waals surface area contributed by atoms with Gasteiger partial charge in [0.2, 0.25) is 0 Å². The van der Waals surface area contributed by atoms with Crippen LogP contribution in [0, 0.1) is 0 Å². The van der Waals surface area contributed by atoms with Gasteiger partial charge in [-0.25, -0.2) is 11.4 Å². The summed E-state index contributed by atoms with van der Waals surface area (Å²) in [5.41, 5.74) is 10.1. The lowest BCUT2D eigenvalue weighted by Gasteiger charge is -2.36. The zero-order chi connectivity index (χ0) is 21.9. The Labute approximate surface area is 187 Å². The van der Waals surface area contributed by atoms with Gasteiger partial charge in [0.25, 0.3) is 0 Å². The molecule has 0 radical (unpaired) electrons. The standard InChI is InChI=1S/C26H26N6/c1-18(29-31-30-27)21-11-7-8-19(16-21)17-32-15-14-23-22-12-5-6-13-24(22)28-25(23)26(32)20-9-3-2-4-10-20/h2-13,16,26,28H,1,14-15,17H2,(H2,27,31)(H,29,30). The first-order chi connectivity index (χ1) is 15.7. The number of rotatable bonds is 6. The van der Waals surface area contributed by atoms with Gasteiger partial charge in [0, 0.05) is 35.2 Å². The number of aromatic amines is 1. The van der Waals surface area contributed by atoms with E-state index in [0.29, 0.717) is 5.70 Å². The minimum atomic E-state index is 0.167. The molecule has 6 nitrogen and oxygen atoms in total. The molecule has 1 unspecified atom stereocenters. The van der Waals surface area contributed by atoms with Gasteiger partial charge in [-0.1, -0.05) is 78.5 Å². The number of benzene rings is 3. The monoisotopic (exact) mass is 422 g/mol. The molecule has 6 heteroatoms. The van der Waals surface area contributed by atoms with E-state index in [1.54, 1.807) is 0 Å². The maximum absolute atomic E-state index is 5.18. The number of nitrogens with zero attached hydrogens (tertiary/aromatic N) is 3. The molecular formula is C26H26N6. The average Bonchev–Trinajstić information content (AvgIpc) is 3.21. The summed E-state index contributed by atoms with van der Waals surface area (Å²) in [4.78, 5) is 6.27. The van der Waals surface area contributed by atoms with E-state index >= 15 is 0 Å². The number of hydrogen-bond acceptors (Lipinski definition) is 4. The van der Waals surface area contributed by atoms with Crippen LogP contribution in [-0.2, 0) is 13.0 Å². The van der Waals surface area contributed by atoms with Crippen molar-refractivity contribution in [2.75, 3.05) is 6.54 Å². The number of nitrogens with one attached hydrogen (secondary N) is 2. The molecule has 0 saturated heterocycles. The van der Waals surface area contributed by atoms with Crippen LogP contribution < -0.4 is 11.4 Å². The van der Waals surface area contributed by atoms with Crippen molar-refractivity contribution in [3.8, 4) is 0 Å². The van der Waals surface area contributed by atoms with E-state index < -0.39 is 0 Å². The molecule has 0 fully saturated rings. The first-order valence-corrected chi connectivity index (χ1v) is 10.8. The maximum Gasteiger partial charge on any atom is 0.0875 e. The number of hydrogen-bond donors (Lipinski definition) is 3. The van der Waals surface area contributed by atoms with Gasteiger partial charge in [-0.2, -0.15) is 0 Å². The summed E-state index contributed by atoms with van der Waals surface area (Å²) >= 11 is 0. The molecule has 5 rings (SSSR count). The molecule has 0 bridgehead atoms. The molecule has 0 saturated carbocycles. The molecule has 32 heavy (non-hydrogen) atoms. The van der Waals surface area contributed by atoms with E-state index in [0.717, 1.165) is 25.1 Å². The van der Waals surface area contributed by atoms with Gasteiger partial charge in [-0.3, -0.25) is 4.90 Å². The third-order valence-corrected chi connectivity index (χ3v) is 6.12. The van der Waals surface area contributed by atoms with Gasteiger partial charge in [0.15, 0.2) is 0 Å². The van der Waals surface area contributed by atoms with Crippen LogP contribution in [0.4, 0.5) is 0 Å². The summed E-state index contributed by atoms with van der Waals surface area (Å²) in [6.07, 6.45) is 1.02. The van der Waals surface area contributed by atoms with E-state index in [1.807, 2.05) is 12.1 Å². The van der Waals surface area contributed by atoms with Gasteiger partial charge >= 0.3 is 0 Å². The minimum absolute atomic E-state index is 0.167. The van der Waals surface area contributed by atoms with Crippen molar-refractivity contribution in [2.45, 2.75) is 19.0 Å². The molecule has 0 aliphatic carbocycles. The predicted molar refractivity (Wildman–Crippen MR) is 128 cm³/mol. The molecule has 3 aromatic carbocycles. The lowest BCUT2D eigenvalue weighted by atomic mass is 9.92. The van der Waals surface area contributed by atoms with Crippen LogP contribution in [0.2, 0.25) is 0 Å². The average molecular weight is 423 g/mol. The lowest BCUT2D eigenvalue weighted by molar-refractivity contribution is 0.202. The Bertz CT molecular complexity index is 1270. The van der Waals surface area contributed by atoms with Crippen molar-refractivity contribution in [1.82, 2.24) is 15.4 Å². The fourth-order valence-electron chi connectivity index (χ4n) is 4.70. The Morgan fingerprint density at radius 1 is 1.06 bits per heavy atom. The van der Waals surface area contributed by atoms with E-state index in [1.165, 1.54) is 33.3 Å². The van der Waals surface area contributed by atoms with Crippen molar-refractivity contribution >= 4 is 16.6 Å². The summed E-state index contributed by atoms with van der Waals surface area (Å²) in [5.74, 6) is 5.18. The summed E-state index contributed by atoms with van der Waals surface area (Å²) in [7, 11) is 0. The lowest BCUT2D eigenvalue weighted by Crippen LogP contribution is -2.35. The van der Waals surface area contributed by atoms with Gasteiger partial charge in [-0.05, 0) is 35.2 Å². The fraction of sp³-hybridized carbons (Fsp3) is 0.154. The number of H-pyrrole nitrogens is 1. The number of aromatic nitrogens is 1. The van der Waals surface area contributed by atoms with E-state index in [2.05, 4.69) is 99.1 Å². The van der Waals surface area contributed by atoms with Gasteiger partial charge in [0.1, 0.15) is 0 Å². The zero-order valence-corrected chi connectivity index (χ0v) is 17.8. The largest absolute Gasteiger partial charge is 0.357 e. The quantitative estimate of drug-likeness (QED) is 0.229. The highest BCUT2D eigenvalue weighted by molar-refractivity contribution is 5.85.